The van der Waals surface area contributed by atoms with Gasteiger partial charge < -0.3 is 9.30 Å². The quantitative estimate of drug-likeness (QED) is 0.617. The Balaban J connectivity index is 1.81. The number of aromatic nitrogens is 3. The Labute approximate surface area is 146 Å². The third kappa shape index (κ3) is 3.62. The molecular formula is C19H21N3OS. The molecule has 0 amide bonds. The number of benzene rings is 2. The van der Waals surface area contributed by atoms with Crippen molar-refractivity contribution in [1.82, 2.24) is 14.8 Å². The number of rotatable bonds is 6. The molecule has 0 aliphatic rings. The number of thioether (sulfide) groups is 1. The second kappa shape index (κ2) is 7.53. The van der Waals surface area contributed by atoms with Gasteiger partial charge in [0.15, 0.2) is 11.0 Å². The molecule has 0 atom stereocenters. The fourth-order valence-electron chi connectivity index (χ4n) is 2.59. The molecule has 5 heteroatoms. The van der Waals surface area contributed by atoms with Gasteiger partial charge in [-0.15, -0.1) is 10.2 Å². The van der Waals surface area contributed by atoms with Crippen LogP contribution in [0.4, 0.5) is 0 Å². The van der Waals surface area contributed by atoms with E-state index in [1.54, 1.807) is 18.9 Å². The van der Waals surface area contributed by atoms with Gasteiger partial charge in [-0.05, 0) is 37.6 Å². The molecule has 1 aromatic heterocycles. The van der Waals surface area contributed by atoms with Gasteiger partial charge in [-0.1, -0.05) is 47.7 Å². The summed E-state index contributed by atoms with van der Waals surface area (Å²) < 4.78 is 7.45. The van der Waals surface area contributed by atoms with Gasteiger partial charge in [0.05, 0.1) is 7.11 Å². The van der Waals surface area contributed by atoms with Crippen LogP contribution >= 0.6 is 11.8 Å². The Bertz CT molecular complexity index is 829. The second-order valence-corrected chi connectivity index (χ2v) is 6.50. The SMILES string of the molecule is CCn1c(SCc2cccc(OC)c2)nnc1-c1cccc(C)c1. The number of methoxy groups -OCH3 is 1. The van der Waals surface area contributed by atoms with Crippen molar-refractivity contribution in [3.8, 4) is 17.1 Å². The zero-order chi connectivity index (χ0) is 16.9. The largest absolute Gasteiger partial charge is 0.497 e. The molecule has 0 saturated carbocycles. The first-order valence-corrected chi connectivity index (χ1v) is 8.95. The van der Waals surface area contributed by atoms with Crippen molar-refractivity contribution < 1.29 is 4.74 Å². The van der Waals surface area contributed by atoms with E-state index in [-0.39, 0.29) is 0 Å². The topological polar surface area (TPSA) is 39.9 Å². The Hall–Kier alpha value is -2.27. The molecule has 0 aliphatic carbocycles. The van der Waals surface area contributed by atoms with E-state index in [9.17, 15) is 0 Å². The van der Waals surface area contributed by atoms with Gasteiger partial charge in [0.2, 0.25) is 0 Å². The molecule has 24 heavy (non-hydrogen) atoms. The Morgan fingerprint density at radius 1 is 1.08 bits per heavy atom. The highest BCUT2D eigenvalue weighted by molar-refractivity contribution is 7.98. The first-order chi connectivity index (χ1) is 11.7. The van der Waals surface area contributed by atoms with E-state index < -0.39 is 0 Å². The Morgan fingerprint density at radius 2 is 1.92 bits per heavy atom. The Morgan fingerprint density at radius 3 is 2.67 bits per heavy atom. The van der Waals surface area contributed by atoms with Crippen LogP contribution in [-0.4, -0.2) is 21.9 Å². The first kappa shape index (κ1) is 16.6. The summed E-state index contributed by atoms with van der Waals surface area (Å²) in [5.74, 6) is 2.64. The predicted molar refractivity (Wildman–Crippen MR) is 98.4 cm³/mol. The summed E-state index contributed by atoms with van der Waals surface area (Å²) in [6.07, 6.45) is 0. The zero-order valence-corrected chi connectivity index (χ0v) is 15.0. The summed E-state index contributed by atoms with van der Waals surface area (Å²) in [5.41, 5.74) is 3.54. The van der Waals surface area contributed by atoms with Crippen molar-refractivity contribution in [2.24, 2.45) is 0 Å². The molecule has 2 aromatic carbocycles. The van der Waals surface area contributed by atoms with Gasteiger partial charge >= 0.3 is 0 Å². The molecule has 0 saturated heterocycles. The first-order valence-electron chi connectivity index (χ1n) is 7.97. The van der Waals surface area contributed by atoms with Crippen LogP contribution < -0.4 is 4.74 Å². The predicted octanol–water partition coefficient (Wildman–Crippen LogP) is 4.57. The van der Waals surface area contributed by atoms with Crippen LogP contribution in [0.25, 0.3) is 11.4 Å². The smallest absolute Gasteiger partial charge is 0.191 e. The lowest BCUT2D eigenvalue weighted by Crippen LogP contribution is -2.00. The van der Waals surface area contributed by atoms with Crippen LogP contribution in [0.2, 0.25) is 0 Å². The van der Waals surface area contributed by atoms with Gasteiger partial charge in [-0.25, -0.2) is 0 Å². The molecule has 0 spiro atoms. The van der Waals surface area contributed by atoms with Crippen molar-refractivity contribution in [3.05, 3.63) is 59.7 Å². The van der Waals surface area contributed by atoms with Gasteiger partial charge in [-0.2, -0.15) is 0 Å². The summed E-state index contributed by atoms with van der Waals surface area (Å²) in [5, 5.41) is 9.75. The number of hydrogen-bond donors (Lipinski definition) is 0. The van der Waals surface area contributed by atoms with Crippen molar-refractivity contribution in [2.75, 3.05) is 7.11 Å². The lowest BCUT2D eigenvalue weighted by Gasteiger charge is -2.08. The maximum atomic E-state index is 5.28. The van der Waals surface area contributed by atoms with Crippen LogP contribution in [0, 0.1) is 6.92 Å². The molecule has 3 rings (SSSR count). The van der Waals surface area contributed by atoms with Crippen LogP contribution in [0.1, 0.15) is 18.1 Å². The van der Waals surface area contributed by atoms with Crippen molar-refractivity contribution in [2.45, 2.75) is 31.3 Å². The zero-order valence-electron chi connectivity index (χ0n) is 14.2. The minimum Gasteiger partial charge on any atom is -0.497 e. The molecule has 124 valence electrons. The fraction of sp³-hybridized carbons (Fsp3) is 0.263. The third-order valence-electron chi connectivity index (χ3n) is 3.81. The highest BCUT2D eigenvalue weighted by Gasteiger charge is 2.13. The molecule has 0 fully saturated rings. The summed E-state index contributed by atoms with van der Waals surface area (Å²) in [4.78, 5) is 0. The summed E-state index contributed by atoms with van der Waals surface area (Å²) in [6, 6.07) is 16.5. The number of aryl methyl sites for hydroxylation is 1. The van der Waals surface area contributed by atoms with Crippen LogP contribution in [0.15, 0.2) is 53.7 Å². The minimum absolute atomic E-state index is 0.836. The lowest BCUT2D eigenvalue weighted by atomic mass is 10.1. The summed E-state index contributed by atoms with van der Waals surface area (Å²) in [6.45, 7) is 5.06. The molecule has 3 aromatic rings. The number of ether oxygens (including phenoxy) is 1. The summed E-state index contributed by atoms with van der Waals surface area (Å²) >= 11 is 1.70. The standard InChI is InChI=1S/C19H21N3OS/c1-4-22-18(16-9-5-7-14(2)11-16)20-21-19(22)24-13-15-8-6-10-17(12-15)23-3/h5-12H,4,13H2,1-3H3. The van der Waals surface area contributed by atoms with E-state index in [0.29, 0.717) is 0 Å². The molecule has 0 unspecified atom stereocenters. The molecule has 0 N–H and O–H groups in total. The van der Waals surface area contributed by atoms with E-state index in [4.69, 9.17) is 4.74 Å². The maximum absolute atomic E-state index is 5.28. The lowest BCUT2D eigenvalue weighted by molar-refractivity contribution is 0.414. The van der Waals surface area contributed by atoms with Crippen LogP contribution in [0.5, 0.6) is 5.75 Å². The van der Waals surface area contributed by atoms with Crippen molar-refractivity contribution >= 4 is 11.8 Å². The number of nitrogens with zero attached hydrogens (tertiary/aromatic N) is 3. The second-order valence-electron chi connectivity index (χ2n) is 5.56. The Kier molecular flexibility index (Phi) is 5.20. The minimum atomic E-state index is 0.836. The number of hydrogen-bond acceptors (Lipinski definition) is 4. The van der Waals surface area contributed by atoms with Gasteiger partial charge in [0.1, 0.15) is 5.75 Å². The summed E-state index contributed by atoms with van der Waals surface area (Å²) in [7, 11) is 1.69. The van der Waals surface area contributed by atoms with Crippen molar-refractivity contribution in [3.63, 3.8) is 0 Å². The molecule has 0 bridgehead atoms. The van der Waals surface area contributed by atoms with Crippen LogP contribution in [0.3, 0.4) is 0 Å². The third-order valence-corrected chi connectivity index (χ3v) is 4.85. The van der Waals surface area contributed by atoms with Gasteiger partial charge in [-0.3, -0.25) is 0 Å². The highest BCUT2D eigenvalue weighted by Crippen LogP contribution is 2.27. The normalized spacial score (nSPS) is 10.8. The monoisotopic (exact) mass is 339 g/mol. The van der Waals surface area contributed by atoms with E-state index in [2.05, 4.69) is 65.0 Å². The van der Waals surface area contributed by atoms with Gasteiger partial charge in [0, 0.05) is 17.9 Å². The maximum Gasteiger partial charge on any atom is 0.191 e. The molecule has 0 radical (unpaired) electrons. The van der Waals surface area contributed by atoms with E-state index >= 15 is 0 Å². The van der Waals surface area contributed by atoms with Crippen LogP contribution in [-0.2, 0) is 12.3 Å². The molecule has 4 nitrogen and oxygen atoms in total. The molecule has 0 aliphatic heterocycles. The molecule has 1 heterocycles. The van der Waals surface area contributed by atoms with E-state index in [0.717, 1.165) is 34.6 Å². The fourth-order valence-corrected chi connectivity index (χ4v) is 3.53. The highest BCUT2D eigenvalue weighted by atomic mass is 32.2. The van der Waals surface area contributed by atoms with Gasteiger partial charge in [0.25, 0.3) is 0 Å². The van der Waals surface area contributed by atoms with Crippen molar-refractivity contribution in [1.29, 1.82) is 0 Å². The average molecular weight is 339 g/mol. The molecular weight excluding hydrogens is 318 g/mol. The average Bonchev–Trinajstić information content (AvgIpc) is 3.03. The van der Waals surface area contributed by atoms with E-state index in [1.807, 2.05) is 12.1 Å². The van der Waals surface area contributed by atoms with E-state index in [1.165, 1.54) is 11.1 Å².